The fourth-order valence-corrected chi connectivity index (χ4v) is 3.10. The van der Waals surface area contributed by atoms with Crippen molar-refractivity contribution in [1.82, 2.24) is 0 Å². The van der Waals surface area contributed by atoms with Crippen molar-refractivity contribution >= 4 is 27.1 Å². The van der Waals surface area contributed by atoms with E-state index in [0.29, 0.717) is 17.1 Å². The number of anilines is 2. The average molecular weight is 362 g/mol. The molecule has 1 amide bonds. The molecule has 0 aliphatic rings. The summed E-state index contributed by atoms with van der Waals surface area (Å²) in [4.78, 5) is 12.4. The van der Waals surface area contributed by atoms with Gasteiger partial charge in [0.1, 0.15) is 11.8 Å². The third-order valence-corrected chi connectivity index (χ3v) is 4.81. The first-order valence-corrected chi connectivity index (χ1v) is 9.62. The Morgan fingerprint density at radius 1 is 1.12 bits per heavy atom. The van der Waals surface area contributed by atoms with E-state index in [9.17, 15) is 13.2 Å². The molecule has 0 aliphatic heterocycles. The van der Waals surface area contributed by atoms with Crippen LogP contribution in [0.15, 0.2) is 47.4 Å². The maximum Gasteiger partial charge on any atom is 0.246 e. The SMILES string of the molecule is COc1ccc(NC(C)C(=O)Nc2ccc(C)cc2)c(S(C)(=O)=O)c1. The first kappa shape index (κ1) is 18.8. The van der Waals surface area contributed by atoms with Crippen LogP contribution < -0.4 is 15.4 Å². The highest BCUT2D eigenvalue weighted by atomic mass is 32.2. The van der Waals surface area contributed by atoms with Crippen LogP contribution >= 0.6 is 0 Å². The zero-order chi connectivity index (χ0) is 18.6. The molecule has 0 saturated carbocycles. The highest BCUT2D eigenvalue weighted by Gasteiger charge is 2.19. The molecule has 0 spiro atoms. The number of aryl methyl sites for hydroxylation is 1. The predicted octanol–water partition coefficient (Wildman–Crippen LogP) is 2.85. The first-order valence-electron chi connectivity index (χ1n) is 7.73. The molecule has 6 nitrogen and oxygen atoms in total. The van der Waals surface area contributed by atoms with Crippen molar-refractivity contribution < 1.29 is 17.9 Å². The van der Waals surface area contributed by atoms with E-state index in [1.807, 2.05) is 31.2 Å². The van der Waals surface area contributed by atoms with Gasteiger partial charge in [-0.05, 0) is 38.1 Å². The van der Waals surface area contributed by atoms with Gasteiger partial charge in [-0.3, -0.25) is 4.79 Å². The quantitative estimate of drug-likeness (QED) is 0.825. The van der Waals surface area contributed by atoms with E-state index in [-0.39, 0.29) is 10.8 Å². The van der Waals surface area contributed by atoms with E-state index in [1.54, 1.807) is 19.1 Å². The summed E-state index contributed by atoms with van der Waals surface area (Å²) in [6.45, 7) is 3.63. The van der Waals surface area contributed by atoms with Crippen LogP contribution in [0.25, 0.3) is 0 Å². The molecule has 2 rings (SSSR count). The molecule has 1 atom stereocenters. The van der Waals surface area contributed by atoms with Gasteiger partial charge in [-0.1, -0.05) is 17.7 Å². The monoisotopic (exact) mass is 362 g/mol. The molecule has 7 heteroatoms. The summed E-state index contributed by atoms with van der Waals surface area (Å²) in [5.41, 5.74) is 2.14. The lowest BCUT2D eigenvalue weighted by Crippen LogP contribution is -2.32. The molecule has 0 saturated heterocycles. The second kappa shape index (κ2) is 7.57. The third kappa shape index (κ3) is 4.96. The van der Waals surface area contributed by atoms with Gasteiger partial charge < -0.3 is 15.4 Å². The zero-order valence-electron chi connectivity index (χ0n) is 14.7. The number of methoxy groups -OCH3 is 1. The zero-order valence-corrected chi connectivity index (χ0v) is 15.5. The predicted molar refractivity (Wildman–Crippen MR) is 99.0 cm³/mol. The number of carbonyl (C=O) groups is 1. The van der Waals surface area contributed by atoms with E-state index in [1.165, 1.54) is 13.2 Å². The Morgan fingerprint density at radius 3 is 2.32 bits per heavy atom. The van der Waals surface area contributed by atoms with Crippen LogP contribution in [-0.4, -0.2) is 33.7 Å². The lowest BCUT2D eigenvalue weighted by atomic mass is 10.2. The normalized spacial score (nSPS) is 12.3. The van der Waals surface area contributed by atoms with Gasteiger partial charge in [-0.2, -0.15) is 0 Å². The van der Waals surface area contributed by atoms with Gasteiger partial charge in [0, 0.05) is 18.0 Å². The largest absolute Gasteiger partial charge is 0.497 e. The highest BCUT2D eigenvalue weighted by molar-refractivity contribution is 7.90. The lowest BCUT2D eigenvalue weighted by molar-refractivity contribution is -0.116. The summed E-state index contributed by atoms with van der Waals surface area (Å²) in [5, 5.41) is 5.75. The summed E-state index contributed by atoms with van der Waals surface area (Å²) in [6, 6.07) is 11.5. The third-order valence-electron chi connectivity index (χ3n) is 3.67. The first-order chi connectivity index (χ1) is 11.7. The molecular formula is C18H22N2O4S. The van der Waals surface area contributed by atoms with Crippen LogP contribution in [0.5, 0.6) is 5.75 Å². The number of sulfone groups is 1. The van der Waals surface area contributed by atoms with E-state index >= 15 is 0 Å². The van der Waals surface area contributed by atoms with Crippen molar-refractivity contribution in [3.8, 4) is 5.75 Å². The van der Waals surface area contributed by atoms with Gasteiger partial charge in [-0.25, -0.2) is 8.42 Å². The van der Waals surface area contributed by atoms with E-state index in [2.05, 4.69) is 10.6 Å². The molecule has 0 fully saturated rings. The van der Waals surface area contributed by atoms with E-state index < -0.39 is 15.9 Å². The molecule has 134 valence electrons. The Balaban J connectivity index is 2.18. The molecule has 25 heavy (non-hydrogen) atoms. The smallest absolute Gasteiger partial charge is 0.246 e. The van der Waals surface area contributed by atoms with Crippen LogP contribution in [0.1, 0.15) is 12.5 Å². The van der Waals surface area contributed by atoms with E-state index in [4.69, 9.17) is 4.74 Å². The summed E-state index contributed by atoms with van der Waals surface area (Å²) in [5.74, 6) is 0.168. The maximum absolute atomic E-state index is 12.3. The van der Waals surface area contributed by atoms with Gasteiger partial charge in [0.25, 0.3) is 0 Å². The van der Waals surface area contributed by atoms with Gasteiger partial charge in [-0.15, -0.1) is 0 Å². The number of hydrogen-bond donors (Lipinski definition) is 2. The lowest BCUT2D eigenvalue weighted by Gasteiger charge is -2.18. The topological polar surface area (TPSA) is 84.5 Å². The number of rotatable bonds is 6. The summed E-state index contributed by atoms with van der Waals surface area (Å²) in [6.07, 6.45) is 1.12. The van der Waals surface area contributed by atoms with Crippen LogP contribution in [0.2, 0.25) is 0 Å². The number of nitrogens with one attached hydrogen (secondary N) is 2. The van der Waals surface area contributed by atoms with E-state index in [0.717, 1.165) is 11.8 Å². The Hall–Kier alpha value is -2.54. The van der Waals surface area contributed by atoms with Gasteiger partial charge in [0.2, 0.25) is 5.91 Å². The highest BCUT2D eigenvalue weighted by Crippen LogP contribution is 2.27. The van der Waals surface area contributed by atoms with Crippen LogP contribution in [0.4, 0.5) is 11.4 Å². The van der Waals surface area contributed by atoms with Crippen molar-refractivity contribution in [2.24, 2.45) is 0 Å². The molecule has 0 heterocycles. The minimum absolute atomic E-state index is 0.0850. The van der Waals surface area contributed by atoms with Crippen molar-refractivity contribution in [2.75, 3.05) is 24.0 Å². The fraction of sp³-hybridized carbons (Fsp3) is 0.278. The second-order valence-corrected chi connectivity index (χ2v) is 7.84. The summed E-state index contributed by atoms with van der Waals surface area (Å²) < 4.78 is 29.1. The molecule has 2 aromatic carbocycles. The number of ether oxygens (including phenoxy) is 1. The molecule has 0 bridgehead atoms. The Kier molecular flexibility index (Phi) is 5.69. The van der Waals surface area contributed by atoms with Crippen LogP contribution in [0, 0.1) is 6.92 Å². The molecule has 2 N–H and O–H groups in total. The second-order valence-electron chi connectivity index (χ2n) is 5.86. The molecule has 2 aromatic rings. The summed E-state index contributed by atoms with van der Waals surface area (Å²) >= 11 is 0. The van der Waals surface area contributed by atoms with Crippen molar-refractivity contribution in [1.29, 1.82) is 0 Å². The molecule has 1 unspecified atom stereocenters. The number of benzene rings is 2. The Morgan fingerprint density at radius 2 is 1.76 bits per heavy atom. The van der Waals surface area contributed by atoms with Crippen molar-refractivity contribution in [2.45, 2.75) is 24.8 Å². The minimum Gasteiger partial charge on any atom is -0.497 e. The molecular weight excluding hydrogens is 340 g/mol. The molecule has 0 aromatic heterocycles. The standard InChI is InChI=1S/C18H22N2O4S/c1-12-5-7-14(8-6-12)20-18(21)13(2)19-16-10-9-15(24-3)11-17(16)25(4,22)23/h5-11,13,19H,1-4H3,(H,20,21). The number of hydrogen-bond acceptors (Lipinski definition) is 5. The molecule has 0 aliphatic carbocycles. The molecule has 0 radical (unpaired) electrons. The fourth-order valence-electron chi connectivity index (χ4n) is 2.24. The number of amides is 1. The maximum atomic E-state index is 12.3. The Labute approximate surface area is 148 Å². The summed E-state index contributed by atoms with van der Waals surface area (Å²) in [7, 11) is -2.01. The average Bonchev–Trinajstić information content (AvgIpc) is 2.56. The Bertz CT molecular complexity index is 861. The van der Waals surface area contributed by atoms with Crippen molar-refractivity contribution in [3.05, 3.63) is 48.0 Å². The van der Waals surface area contributed by atoms with Gasteiger partial charge >= 0.3 is 0 Å². The van der Waals surface area contributed by atoms with Gasteiger partial charge in [0.05, 0.1) is 17.7 Å². The van der Waals surface area contributed by atoms with Gasteiger partial charge in [0.15, 0.2) is 9.84 Å². The minimum atomic E-state index is -3.48. The van der Waals surface area contributed by atoms with Crippen LogP contribution in [0.3, 0.4) is 0 Å². The van der Waals surface area contributed by atoms with Crippen LogP contribution in [-0.2, 0) is 14.6 Å². The van der Waals surface area contributed by atoms with Crippen molar-refractivity contribution in [3.63, 3.8) is 0 Å². The number of carbonyl (C=O) groups excluding carboxylic acids is 1.